The molecule has 0 unspecified atom stereocenters. The third-order valence-corrected chi connectivity index (χ3v) is 8.74. The Kier molecular flexibility index (Phi) is 5.55. The van der Waals surface area contributed by atoms with E-state index in [4.69, 9.17) is 10.5 Å². The zero-order chi connectivity index (χ0) is 22.3. The van der Waals surface area contributed by atoms with Crippen molar-refractivity contribution in [2.24, 2.45) is 5.73 Å². The number of benzene rings is 2. The molecule has 2 fully saturated rings. The number of hydrogen-bond acceptors (Lipinski definition) is 4. The fourth-order valence-corrected chi connectivity index (χ4v) is 6.95. The summed E-state index contributed by atoms with van der Waals surface area (Å²) in [6.07, 6.45) is 7.79. The highest BCUT2D eigenvalue weighted by Gasteiger charge is 2.30. The number of carbonyl (C=O) groups is 1. The molecule has 2 heterocycles. The van der Waals surface area contributed by atoms with Crippen LogP contribution in [0.1, 0.15) is 71.8 Å². The van der Waals surface area contributed by atoms with Crippen LogP contribution in [0.5, 0.6) is 0 Å². The third kappa shape index (κ3) is 3.63. The van der Waals surface area contributed by atoms with Crippen LogP contribution < -0.4 is 5.73 Å². The van der Waals surface area contributed by atoms with E-state index in [-0.39, 0.29) is 10.8 Å². The smallest absolute Gasteiger partial charge is 0.268 e. The molecule has 1 aromatic heterocycles. The van der Waals surface area contributed by atoms with Crippen LogP contribution in [0.3, 0.4) is 0 Å². The Bertz CT molecular complexity index is 1270. The standard InChI is InChI=1S/C25H28N2O4S/c26-25(28)19-9-10-24(21(15-19)18-11-13-31-14-12-18)32(29,30)27-16-22(17-5-1-2-6-17)20-7-3-4-8-23(20)27/h3-4,7-10,15-18H,1-2,5-6,11-14H2,(H2,26,28). The van der Waals surface area contributed by atoms with Gasteiger partial charge in [0.2, 0.25) is 5.91 Å². The molecule has 1 aliphatic heterocycles. The Balaban J connectivity index is 1.68. The maximum Gasteiger partial charge on any atom is 0.268 e. The highest BCUT2D eigenvalue weighted by Crippen LogP contribution is 2.40. The van der Waals surface area contributed by atoms with E-state index < -0.39 is 15.9 Å². The van der Waals surface area contributed by atoms with Crippen molar-refractivity contribution in [2.45, 2.75) is 55.3 Å². The maximum absolute atomic E-state index is 14.0. The average Bonchev–Trinajstić information content (AvgIpc) is 3.47. The Hall–Kier alpha value is -2.64. The summed E-state index contributed by atoms with van der Waals surface area (Å²) >= 11 is 0. The molecule has 0 radical (unpaired) electrons. The molecular weight excluding hydrogens is 424 g/mol. The third-order valence-electron chi connectivity index (χ3n) is 7.00. The first-order valence-electron chi connectivity index (χ1n) is 11.3. The summed E-state index contributed by atoms with van der Waals surface area (Å²) in [5.74, 6) is -0.162. The van der Waals surface area contributed by atoms with Gasteiger partial charge in [-0.1, -0.05) is 31.0 Å². The van der Waals surface area contributed by atoms with Crippen LogP contribution in [0.15, 0.2) is 53.6 Å². The van der Waals surface area contributed by atoms with Gasteiger partial charge in [0, 0.05) is 30.4 Å². The molecular formula is C25H28N2O4S. The Morgan fingerprint density at radius 2 is 1.62 bits per heavy atom. The zero-order valence-corrected chi connectivity index (χ0v) is 18.8. The van der Waals surface area contributed by atoms with Gasteiger partial charge in [-0.15, -0.1) is 0 Å². The summed E-state index contributed by atoms with van der Waals surface area (Å²) in [5.41, 5.74) is 8.31. The normalized spacial score (nSPS) is 18.4. The van der Waals surface area contributed by atoms with Crippen molar-refractivity contribution in [1.29, 1.82) is 0 Å². The van der Waals surface area contributed by atoms with Crippen molar-refractivity contribution in [3.63, 3.8) is 0 Å². The topological polar surface area (TPSA) is 91.4 Å². The minimum absolute atomic E-state index is 0.00366. The summed E-state index contributed by atoms with van der Waals surface area (Å²) in [5, 5.41) is 1.00. The van der Waals surface area contributed by atoms with Gasteiger partial charge >= 0.3 is 0 Å². The first-order valence-corrected chi connectivity index (χ1v) is 12.8. The Labute approximate surface area is 188 Å². The number of nitrogens with zero attached hydrogens (tertiary/aromatic N) is 1. The fraction of sp³-hybridized carbons (Fsp3) is 0.400. The van der Waals surface area contributed by atoms with E-state index in [1.807, 2.05) is 30.5 Å². The van der Waals surface area contributed by atoms with Crippen LogP contribution in [-0.4, -0.2) is 31.5 Å². The van der Waals surface area contributed by atoms with E-state index in [2.05, 4.69) is 0 Å². The van der Waals surface area contributed by atoms with Crippen molar-refractivity contribution < 1.29 is 17.9 Å². The number of rotatable bonds is 5. The van der Waals surface area contributed by atoms with Crippen LogP contribution in [0.4, 0.5) is 0 Å². The Morgan fingerprint density at radius 3 is 2.34 bits per heavy atom. The summed E-state index contributed by atoms with van der Waals surface area (Å²) in [7, 11) is -3.87. The van der Waals surface area contributed by atoms with Gasteiger partial charge in [0.1, 0.15) is 0 Å². The second kappa shape index (κ2) is 8.37. The lowest BCUT2D eigenvalue weighted by Gasteiger charge is -2.25. The highest BCUT2D eigenvalue weighted by molar-refractivity contribution is 7.90. The fourth-order valence-electron chi connectivity index (χ4n) is 5.31. The highest BCUT2D eigenvalue weighted by atomic mass is 32.2. The van der Waals surface area contributed by atoms with Crippen LogP contribution in [-0.2, 0) is 14.8 Å². The average molecular weight is 453 g/mol. The predicted molar refractivity (Wildman–Crippen MR) is 123 cm³/mol. The van der Waals surface area contributed by atoms with Crippen LogP contribution in [0.25, 0.3) is 10.9 Å². The van der Waals surface area contributed by atoms with Gasteiger partial charge in [-0.2, -0.15) is 0 Å². The number of aromatic nitrogens is 1. The minimum atomic E-state index is -3.87. The second-order valence-corrected chi connectivity index (χ2v) is 10.7. The van der Waals surface area contributed by atoms with Gasteiger partial charge in [-0.3, -0.25) is 4.79 Å². The zero-order valence-electron chi connectivity index (χ0n) is 18.0. The molecule has 2 aliphatic rings. The van der Waals surface area contributed by atoms with E-state index >= 15 is 0 Å². The number of fused-ring (bicyclic) bond motifs is 1. The van der Waals surface area contributed by atoms with Crippen molar-refractivity contribution in [2.75, 3.05) is 13.2 Å². The summed E-state index contributed by atoms with van der Waals surface area (Å²) in [6.45, 7) is 1.15. The second-order valence-electron chi connectivity index (χ2n) is 8.89. The van der Waals surface area contributed by atoms with Crippen LogP contribution in [0.2, 0.25) is 0 Å². The molecule has 0 atom stereocenters. The predicted octanol–water partition coefficient (Wildman–Crippen LogP) is 4.53. The summed E-state index contributed by atoms with van der Waals surface area (Å²) in [4.78, 5) is 12.1. The van der Waals surface area contributed by atoms with Gasteiger partial charge in [-0.25, -0.2) is 12.4 Å². The number of ether oxygens (including phenoxy) is 1. The Morgan fingerprint density at radius 1 is 0.938 bits per heavy atom. The molecule has 168 valence electrons. The maximum atomic E-state index is 14.0. The van der Waals surface area contributed by atoms with Crippen LogP contribution in [0, 0.1) is 0 Å². The molecule has 1 saturated heterocycles. The van der Waals surface area contributed by atoms with E-state index in [0.717, 1.165) is 23.8 Å². The minimum Gasteiger partial charge on any atom is -0.381 e. The molecule has 5 rings (SSSR count). The van der Waals surface area contributed by atoms with Crippen molar-refractivity contribution in [3.8, 4) is 0 Å². The van der Waals surface area contributed by atoms with E-state index in [0.29, 0.717) is 48.6 Å². The molecule has 7 heteroatoms. The molecule has 2 N–H and O–H groups in total. The van der Waals surface area contributed by atoms with E-state index in [1.54, 1.807) is 12.1 Å². The quantitative estimate of drug-likeness (QED) is 0.616. The lowest BCUT2D eigenvalue weighted by molar-refractivity contribution is 0.0847. The van der Waals surface area contributed by atoms with Gasteiger partial charge in [0.25, 0.3) is 10.0 Å². The number of primary amides is 1. The van der Waals surface area contributed by atoms with E-state index in [1.165, 1.54) is 22.9 Å². The van der Waals surface area contributed by atoms with Crippen molar-refractivity contribution in [3.05, 3.63) is 65.4 Å². The number of hydrogen-bond donors (Lipinski definition) is 1. The lowest BCUT2D eigenvalue weighted by atomic mass is 9.90. The number of nitrogens with two attached hydrogens (primary N) is 1. The molecule has 32 heavy (non-hydrogen) atoms. The van der Waals surface area contributed by atoms with Gasteiger partial charge < -0.3 is 10.5 Å². The number of para-hydroxylation sites is 1. The molecule has 0 bridgehead atoms. The van der Waals surface area contributed by atoms with Gasteiger partial charge in [0.05, 0.1) is 10.4 Å². The SMILES string of the molecule is NC(=O)c1ccc(S(=O)(=O)n2cc(C3CCCC3)c3ccccc32)c(C2CCOCC2)c1. The molecule has 0 spiro atoms. The lowest BCUT2D eigenvalue weighted by Crippen LogP contribution is -2.21. The number of carbonyl (C=O) groups excluding carboxylic acids is 1. The molecule has 3 aromatic rings. The van der Waals surface area contributed by atoms with Crippen molar-refractivity contribution >= 4 is 26.8 Å². The number of amides is 1. The molecule has 1 amide bonds. The molecule has 6 nitrogen and oxygen atoms in total. The monoisotopic (exact) mass is 452 g/mol. The largest absolute Gasteiger partial charge is 0.381 e. The molecule has 1 aliphatic carbocycles. The van der Waals surface area contributed by atoms with E-state index in [9.17, 15) is 13.2 Å². The van der Waals surface area contributed by atoms with Crippen LogP contribution >= 0.6 is 0 Å². The van der Waals surface area contributed by atoms with Crippen molar-refractivity contribution in [1.82, 2.24) is 3.97 Å². The van der Waals surface area contributed by atoms with Gasteiger partial charge in [-0.05, 0) is 72.9 Å². The molecule has 2 aromatic carbocycles. The first-order chi connectivity index (χ1) is 15.5. The van der Waals surface area contributed by atoms with Gasteiger partial charge in [0.15, 0.2) is 0 Å². The summed E-state index contributed by atoms with van der Waals surface area (Å²) < 4.78 is 35.0. The first kappa shape index (κ1) is 21.2. The molecule has 1 saturated carbocycles. The summed E-state index contributed by atoms with van der Waals surface area (Å²) in [6, 6.07) is 12.5.